The molecule has 0 bridgehead atoms. The quantitative estimate of drug-likeness (QED) is 0.119. The molecule has 1 atom stereocenters. The third kappa shape index (κ3) is 8.25. The molecule has 1 amide bonds. The van der Waals surface area contributed by atoms with E-state index in [1.54, 1.807) is 34.7 Å². The van der Waals surface area contributed by atoms with E-state index in [-0.39, 0.29) is 35.9 Å². The summed E-state index contributed by atoms with van der Waals surface area (Å²) in [6.45, 7) is 4.66. The highest BCUT2D eigenvalue weighted by Gasteiger charge is 2.31. The second-order valence-electron chi connectivity index (χ2n) is 12.6. The first kappa shape index (κ1) is 37.1. The van der Waals surface area contributed by atoms with Crippen molar-refractivity contribution in [3.63, 3.8) is 0 Å². The van der Waals surface area contributed by atoms with E-state index >= 15 is 0 Å². The number of rotatable bonds is 15. The number of benzene rings is 3. The highest BCUT2D eigenvalue weighted by atomic mass is 35.5. The van der Waals surface area contributed by atoms with Crippen LogP contribution in [0.1, 0.15) is 65.1 Å². The predicted octanol–water partition coefficient (Wildman–Crippen LogP) is 7.19. The van der Waals surface area contributed by atoms with Gasteiger partial charge in [0.05, 0.1) is 49.0 Å². The van der Waals surface area contributed by atoms with Gasteiger partial charge in [-0.15, -0.1) is 0 Å². The molecule has 1 aliphatic heterocycles. The van der Waals surface area contributed by atoms with Crippen LogP contribution in [0.3, 0.4) is 0 Å². The molecule has 1 fully saturated rings. The van der Waals surface area contributed by atoms with Gasteiger partial charge in [0.1, 0.15) is 0 Å². The standard InChI is InChI=1S/C38H44Cl2N4O6/c1-6-28(45)23-44-32-10-8-7-9-31(32)41-37(44)35(46)24-13-16-43(17-14-24)18-15-26(25-11-12-29(39)30(40)19-25)22-42(2)38(47)27-20-33(48-3)36(50-5)34(21-27)49-4/h7-12,19-21,24,26H,6,13-18,22-23H2,1-5H3. The first-order valence-electron chi connectivity index (χ1n) is 16.8. The van der Waals surface area contributed by atoms with Gasteiger partial charge in [-0.2, -0.15) is 0 Å². The largest absolute Gasteiger partial charge is 0.493 e. The Hall–Kier alpha value is -4.12. The molecule has 0 aliphatic carbocycles. The lowest BCUT2D eigenvalue weighted by atomic mass is 9.90. The molecular weight excluding hydrogens is 679 g/mol. The minimum absolute atomic E-state index is 0.00892. The molecule has 0 N–H and O–H groups in total. The van der Waals surface area contributed by atoms with Crippen LogP contribution in [0.5, 0.6) is 17.2 Å². The molecule has 5 rings (SSSR count). The van der Waals surface area contributed by atoms with Crippen LogP contribution in [-0.2, 0) is 11.3 Å². The van der Waals surface area contributed by atoms with Crippen molar-refractivity contribution in [1.82, 2.24) is 19.4 Å². The van der Waals surface area contributed by atoms with Crippen molar-refractivity contribution in [1.29, 1.82) is 0 Å². The van der Waals surface area contributed by atoms with Gasteiger partial charge in [0, 0.05) is 37.4 Å². The van der Waals surface area contributed by atoms with Crippen molar-refractivity contribution < 1.29 is 28.6 Å². The summed E-state index contributed by atoms with van der Waals surface area (Å²) in [6, 6.07) is 16.5. The zero-order valence-corrected chi connectivity index (χ0v) is 30.7. The lowest BCUT2D eigenvalue weighted by Crippen LogP contribution is -2.39. The number of likely N-dealkylation sites (N-methyl/N-ethyl adjacent to an activating group) is 1. The molecule has 0 saturated carbocycles. The van der Waals surface area contributed by atoms with Gasteiger partial charge in [0.2, 0.25) is 11.5 Å². The molecule has 50 heavy (non-hydrogen) atoms. The fraction of sp³-hybridized carbons (Fsp3) is 0.421. The molecule has 1 saturated heterocycles. The number of carbonyl (C=O) groups excluding carboxylic acids is 3. The van der Waals surface area contributed by atoms with Gasteiger partial charge < -0.3 is 28.6 Å². The van der Waals surface area contributed by atoms with E-state index in [0.29, 0.717) is 64.5 Å². The molecule has 0 radical (unpaired) electrons. The van der Waals surface area contributed by atoms with Crippen LogP contribution >= 0.6 is 23.2 Å². The smallest absolute Gasteiger partial charge is 0.253 e. The molecule has 3 aromatic carbocycles. The van der Waals surface area contributed by atoms with Crippen molar-refractivity contribution in [3.8, 4) is 17.2 Å². The summed E-state index contributed by atoms with van der Waals surface area (Å²) in [7, 11) is 6.32. The molecular formula is C38H44Cl2N4O6. The number of ketones is 2. The molecule has 1 aromatic heterocycles. The number of piperidine rings is 1. The van der Waals surface area contributed by atoms with Crippen molar-refractivity contribution in [2.24, 2.45) is 5.92 Å². The first-order chi connectivity index (χ1) is 24.1. The van der Waals surface area contributed by atoms with Crippen molar-refractivity contribution in [2.45, 2.75) is 45.1 Å². The second-order valence-corrected chi connectivity index (χ2v) is 13.5. The minimum Gasteiger partial charge on any atom is -0.493 e. The number of halogens is 2. The number of ether oxygens (including phenoxy) is 3. The van der Waals surface area contributed by atoms with Crippen LogP contribution < -0.4 is 14.2 Å². The summed E-state index contributed by atoms with van der Waals surface area (Å²) in [6.07, 6.45) is 2.54. The number of imidazole rings is 1. The summed E-state index contributed by atoms with van der Waals surface area (Å²) in [5.74, 6) is 1.22. The van der Waals surface area contributed by atoms with E-state index in [2.05, 4.69) is 9.88 Å². The van der Waals surface area contributed by atoms with Crippen LogP contribution in [0, 0.1) is 5.92 Å². The fourth-order valence-electron chi connectivity index (χ4n) is 6.62. The second kappa shape index (κ2) is 16.7. The number of fused-ring (bicyclic) bond motifs is 1. The number of aromatic nitrogens is 2. The third-order valence-corrected chi connectivity index (χ3v) is 10.3. The van der Waals surface area contributed by atoms with Crippen molar-refractivity contribution in [3.05, 3.63) is 81.6 Å². The Bertz CT molecular complexity index is 1830. The summed E-state index contributed by atoms with van der Waals surface area (Å²) in [4.78, 5) is 48.6. The summed E-state index contributed by atoms with van der Waals surface area (Å²) in [5.41, 5.74) is 2.92. The predicted molar refractivity (Wildman–Crippen MR) is 195 cm³/mol. The van der Waals surface area contributed by atoms with Crippen LogP contribution in [-0.4, -0.2) is 91.4 Å². The summed E-state index contributed by atoms with van der Waals surface area (Å²) in [5, 5.41) is 0.925. The normalized spacial score (nSPS) is 14.4. The molecule has 2 heterocycles. The lowest BCUT2D eigenvalue weighted by molar-refractivity contribution is -0.119. The monoisotopic (exact) mass is 722 g/mol. The Morgan fingerprint density at radius 1 is 0.940 bits per heavy atom. The zero-order chi connectivity index (χ0) is 35.9. The number of para-hydroxylation sites is 2. The van der Waals surface area contributed by atoms with E-state index < -0.39 is 0 Å². The van der Waals surface area contributed by atoms with Gasteiger partial charge in [0.25, 0.3) is 5.91 Å². The molecule has 266 valence electrons. The Balaban J connectivity index is 1.27. The number of Topliss-reactive ketones (excluding diaryl/α,β-unsaturated/α-hetero) is 2. The SMILES string of the molecule is CCC(=O)Cn1c(C(=O)C2CCN(CCC(CN(C)C(=O)c3cc(OC)c(OC)c(OC)c3)c3ccc(Cl)c(Cl)c3)CC2)nc2ccccc21. The zero-order valence-electron chi connectivity index (χ0n) is 29.2. The van der Waals surface area contributed by atoms with Crippen molar-refractivity contribution >= 4 is 51.7 Å². The summed E-state index contributed by atoms with van der Waals surface area (Å²) >= 11 is 12.7. The Morgan fingerprint density at radius 2 is 1.62 bits per heavy atom. The van der Waals surface area contributed by atoms with Crippen LogP contribution in [0.25, 0.3) is 11.0 Å². The minimum atomic E-state index is -0.194. The highest BCUT2D eigenvalue weighted by molar-refractivity contribution is 6.42. The maximum atomic E-state index is 13.8. The van der Waals surface area contributed by atoms with Gasteiger partial charge in [-0.25, -0.2) is 4.98 Å². The van der Waals surface area contributed by atoms with E-state index in [1.165, 1.54) is 21.3 Å². The van der Waals surface area contributed by atoms with Gasteiger partial charge in [-0.1, -0.05) is 48.3 Å². The van der Waals surface area contributed by atoms with Gasteiger partial charge in [-0.3, -0.25) is 14.4 Å². The van der Waals surface area contributed by atoms with Crippen molar-refractivity contribution in [2.75, 3.05) is 54.6 Å². The molecule has 10 nitrogen and oxygen atoms in total. The van der Waals surface area contributed by atoms with Gasteiger partial charge in [-0.05, 0) is 80.9 Å². The molecule has 0 spiro atoms. The van der Waals surface area contributed by atoms with E-state index in [0.717, 1.165) is 42.7 Å². The maximum Gasteiger partial charge on any atom is 0.253 e. The topological polar surface area (TPSA) is 103 Å². The van der Waals surface area contributed by atoms with Crippen LogP contribution in [0.4, 0.5) is 0 Å². The average Bonchev–Trinajstić information content (AvgIpc) is 3.50. The Kier molecular flexibility index (Phi) is 12.4. The van der Waals surface area contributed by atoms with E-state index in [4.69, 9.17) is 37.4 Å². The first-order valence-corrected chi connectivity index (χ1v) is 17.6. The molecule has 4 aromatic rings. The van der Waals surface area contributed by atoms with E-state index in [1.807, 2.05) is 43.3 Å². The number of methoxy groups -OCH3 is 3. The number of hydrogen-bond acceptors (Lipinski definition) is 8. The van der Waals surface area contributed by atoms with E-state index in [9.17, 15) is 14.4 Å². The number of nitrogens with zero attached hydrogens (tertiary/aromatic N) is 4. The van der Waals surface area contributed by atoms with Gasteiger partial charge >= 0.3 is 0 Å². The molecule has 1 aliphatic rings. The molecule has 12 heteroatoms. The van der Waals surface area contributed by atoms with Crippen LogP contribution in [0.15, 0.2) is 54.6 Å². The number of hydrogen-bond donors (Lipinski definition) is 0. The average molecular weight is 724 g/mol. The summed E-state index contributed by atoms with van der Waals surface area (Å²) < 4.78 is 18.1. The Labute approximate surface area is 303 Å². The number of amides is 1. The number of carbonyl (C=O) groups is 3. The molecule has 1 unspecified atom stereocenters. The fourth-order valence-corrected chi connectivity index (χ4v) is 6.93. The third-order valence-electron chi connectivity index (χ3n) is 9.52. The Morgan fingerprint density at radius 3 is 2.24 bits per heavy atom. The maximum absolute atomic E-state index is 13.8. The van der Waals surface area contributed by atoms with Crippen LogP contribution in [0.2, 0.25) is 10.0 Å². The van der Waals surface area contributed by atoms with Gasteiger partial charge in [0.15, 0.2) is 23.1 Å². The number of likely N-dealkylation sites (tertiary alicyclic amines) is 1. The highest BCUT2D eigenvalue weighted by Crippen LogP contribution is 2.39. The lowest BCUT2D eigenvalue weighted by Gasteiger charge is -2.33.